The molecule has 0 aliphatic heterocycles. The molecular formula is C32H20N2Se2. The second-order valence-electron chi connectivity index (χ2n) is 10.1. The molecule has 9 rings (SSSR count). The summed E-state index contributed by atoms with van der Waals surface area (Å²) in [5, 5.41) is 13.9. The van der Waals surface area contributed by atoms with Crippen LogP contribution in [0.25, 0.3) is 81.9 Å². The zero-order chi connectivity index (χ0) is 23.7. The minimum atomic E-state index is 0.347. The summed E-state index contributed by atoms with van der Waals surface area (Å²) in [5.74, 6) is 0. The van der Waals surface area contributed by atoms with Gasteiger partial charge in [0.25, 0.3) is 0 Å². The normalized spacial score (nSPS) is 12.7. The number of fused-ring (bicyclic) bond motifs is 10. The van der Waals surface area contributed by atoms with Gasteiger partial charge >= 0.3 is 219 Å². The van der Waals surface area contributed by atoms with Gasteiger partial charge in [0.2, 0.25) is 0 Å². The van der Waals surface area contributed by atoms with Crippen LogP contribution in [-0.4, -0.2) is 38.1 Å². The van der Waals surface area contributed by atoms with Crippen LogP contribution in [0.2, 0.25) is 0 Å². The van der Waals surface area contributed by atoms with Gasteiger partial charge in [-0.15, -0.1) is 0 Å². The molecule has 0 radical (unpaired) electrons. The van der Waals surface area contributed by atoms with E-state index >= 15 is 0 Å². The van der Waals surface area contributed by atoms with Gasteiger partial charge < -0.3 is 0 Å². The van der Waals surface area contributed by atoms with Gasteiger partial charge in [0.1, 0.15) is 0 Å². The number of aryl methyl sites for hydroxylation is 2. The first-order valence-electron chi connectivity index (χ1n) is 12.2. The summed E-state index contributed by atoms with van der Waals surface area (Å²) >= 11 is 0.694. The van der Waals surface area contributed by atoms with Crippen molar-refractivity contribution in [2.75, 3.05) is 0 Å². The third-order valence-corrected chi connectivity index (χ3v) is 12.7. The molecule has 5 aromatic carbocycles. The van der Waals surface area contributed by atoms with E-state index in [1.54, 1.807) is 8.52 Å². The van der Waals surface area contributed by atoms with Crippen molar-refractivity contribution >= 4 is 111 Å². The molecule has 2 nitrogen and oxygen atoms in total. The number of benzene rings is 5. The third-order valence-electron chi connectivity index (χ3n) is 7.99. The van der Waals surface area contributed by atoms with Crippen LogP contribution in [0.4, 0.5) is 0 Å². The Labute approximate surface area is 218 Å². The van der Waals surface area contributed by atoms with Crippen LogP contribution in [0.3, 0.4) is 0 Å². The molecule has 0 saturated heterocycles. The molecule has 0 fully saturated rings. The van der Waals surface area contributed by atoms with Gasteiger partial charge in [-0.25, -0.2) is 0 Å². The SMILES string of the molecule is Cn1ccc2cc3cc4c(cc3cc21)[se]c1cc2c(cc14)[se]c1cc3cc4c(ccn4C)cc3cc12. The van der Waals surface area contributed by atoms with Gasteiger partial charge in [-0.2, -0.15) is 0 Å². The predicted molar refractivity (Wildman–Crippen MR) is 158 cm³/mol. The van der Waals surface area contributed by atoms with E-state index in [4.69, 9.17) is 0 Å². The Bertz CT molecular complexity index is 2220. The summed E-state index contributed by atoms with van der Waals surface area (Å²) in [5.41, 5.74) is 2.62. The van der Waals surface area contributed by atoms with Crippen molar-refractivity contribution in [2.45, 2.75) is 0 Å². The average molecular weight is 590 g/mol. The molecule has 36 heavy (non-hydrogen) atoms. The fourth-order valence-electron chi connectivity index (χ4n) is 6.07. The summed E-state index contributed by atoms with van der Waals surface area (Å²) in [6, 6.07) is 28.8. The molecule has 4 heterocycles. The topological polar surface area (TPSA) is 9.86 Å². The summed E-state index contributed by atoms with van der Waals surface area (Å²) in [4.78, 5) is 0. The van der Waals surface area contributed by atoms with Crippen molar-refractivity contribution in [1.82, 2.24) is 9.13 Å². The summed E-state index contributed by atoms with van der Waals surface area (Å²) in [6.07, 6.45) is 4.32. The number of hydrogen-bond acceptors (Lipinski definition) is 0. The van der Waals surface area contributed by atoms with E-state index in [1.807, 2.05) is 0 Å². The number of rotatable bonds is 0. The minimum absolute atomic E-state index is 0.347. The number of hydrogen-bond donors (Lipinski definition) is 0. The maximum absolute atomic E-state index is 2.53. The van der Waals surface area contributed by atoms with Crippen molar-refractivity contribution < 1.29 is 0 Å². The van der Waals surface area contributed by atoms with Crippen LogP contribution < -0.4 is 0 Å². The quantitative estimate of drug-likeness (QED) is 0.160. The van der Waals surface area contributed by atoms with Crippen LogP contribution >= 0.6 is 0 Å². The van der Waals surface area contributed by atoms with Crippen molar-refractivity contribution in [3.63, 3.8) is 0 Å². The van der Waals surface area contributed by atoms with Gasteiger partial charge in [-0.05, 0) is 0 Å². The Hall–Kier alpha value is -3.26. The third kappa shape index (κ3) is 2.58. The first-order chi connectivity index (χ1) is 17.6. The first-order valence-corrected chi connectivity index (χ1v) is 15.6. The van der Waals surface area contributed by atoms with E-state index in [0.717, 1.165) is 0 Å². The predicted octanol–water partition coefficient (Wildman–Crippen LogP) is 7.70. The van der Waals surface area contributed by atoms with Crippen LogP contribution in [0, 0.1) is 0 Å². The molecule has 0 aliphatic carbocycles. The zero-order valence-electron chi connectivity index (χ0n) is 19.8. The molecule has 0 amide bonds. The van der Waals surface area contributed by atoms with Crippen LogP contribution in [0.5, 0.6) is 0 Å². The van der Waals surface area contributed by atoms with Gasteiger partial charge in [0.15, 0.2) is 0 Å². The second kappa shape index (κ2) is 6.73. The Morgan fingerprint density at radius 1 is 0.417 bits per heavy atom. The number of nitrogens with zero attached hydrogens (tertiary/aromatic N) is 2. The van der Waals surface area contributed by atoms with Gasteiger partial charge in [0, 0.05) is 0 Å². The molecule has 0 aliphatic rings. The van der Waals surface area contributed by atoms with E-state index in [2.05, 4.69) is 108 Å². The molecule has 0 unspecified atom stereocenters. The van der Waals surface area contributed by atoms with Gasteiger partial charge in [-0.3, -0.25) is 0 Å². The standard InChI is InChI=1S/C32H20N2Se2/c1-33-5-3-17-7-19-9-23-25-15-32-26(16-31(25)35-29(23)13-21(19)11-27(17)33)24-10-20-8-18-4-6-34(2)28(18)12-22(20)14-30(24)36-32/h3-16H,1-2H3. The van der Waals surface area contributed by atoms with Crippen molar-refractivity contribution in [3.8, 4) is 0 Å². The van der Waals surface area contributed by atoms with Crippen molar-refractivity contribution in [1.29, 1.82) is 0 Å². The summed E-state index contributed by atoms with van der Waals surface area (Å²) in [6.45, 7) is 0. The molecule has 0 spiro atoms. The van der Waals surface area contributed by atoms with Crippen LogP contribution in [0.1, 0.15) is 0 Å². The second-order valence-corrected chi connectivity index (χ2v) is 14.7. The molecular weight excluding hydrogens is 570 g/mol. The molecule has 0 atom stereocenters. The number of aromatic nitrogens is 2. The van der Waals surface area contributed by atoms with Crippen molar-refractivity contribution in [2.24, 2.45) is 14.1 Å². The monoisotopic (exact) mass is 592 g/mol. The Kier molecular flexibility index (Phi) is 3.72. The van der Waals surface area contributed by atoms with Crippen LogP contribution in [0.15, 0.2) is 85.2 Å². The molecule has 170 valence electrons. The van der Waals surface area contributed by atoms with Gasteiger partial charge in [0.05, 0.1) is 0 Å². The van der Waals surface area contributed by atoms with Crippen LogP contribution in [-0.2, 0) is 14.1 Å². The first kappa shape index (κ1) is 19.9. The average Bonchev–Trinajstić information content (AvgIpc) is 3.61. The maximum atomic E-state index is 2.53. The van der Waals surface area contributed by atoms with Crippen molar-refractivity contribution in [3.05, 3.63) is 85.2 Å². The Morgan fingerprint density at radius 2 is 0.806 bits per heavy atom. The Morgan fingerprint density at radius 3 is 1.28 bits per heavy atom. The summed E-state index contributed by atoms with van der Waals surface area (Å²) < 4.78 is 10.6. The molecule has 0 N–H and O–H groups in total. The van der Waals surface area contributed by atoms with E-state index in [-0.39, 0.29) is 0 Å². The van der Waals surface area contributed by atoms with Gasteiger partial charge in [-0.1, -0.05) is 0 Å². The molecule has 9 aromatic rings. The molecule has 4 heteroatoms. The fourth-order valence-corrected chi connectivity index (χ4v) is 10.9. The zero-order valence-corrected chi connectivity index (χ0v) is 23.2. The van der Waals surface area contributed by atoms with E-state index < -0.39 is 0 Å². The molecule has 0 bridgehead atoms. The fraction of sp³-hybridized carbons (Fsp3) is 0.0625. The molecule has 0 saturated carbocycles. The van der Waals surface area contributed by atoms with E-state index in [0.29, 0.717) is 29.0 Å². The Balaban J connectivity index is 1.34. The molecule has 4 aromatic heterocycles. The van der Waals surface area contributed by atoms with E-state index in [9.17, 15) is 0 Å². The summed E-state index contributed by atoms with van der Waals surface area (Å²) in [7, 11) is 4.27. The van der Waals surface area contributed by atoms with E-state index in [1.165, 1.54) is 73.4 Å².